The molecular weight excluding hydrogens is 230 g/mol. The van der Waals surface area contributed by atoms with Crippen molar-refractivity contribution in [1.29, 1.82) is 0 Å². The largest absolute Gasteiger partial charge is 0.358 e. The Morgan fingerprint density at radius 3 is 2.00 bits per heavy atom. The molecule has 0 amide bonds. The van der Waals surface area contributed by atoms with E-state index >= 15 is 0 Å². The van der Waals surface area contributed by atoms with Crippen LogP contribution >= 0.6 is 0 Å². The Labute approximate surface area is 98.4 Å². The first-order valence-electron chi connectivity index (χ1n) is 5.18. The van der Waals surface area contributed by atoms with Gasteiger partial charge in [-0.3, -0.25) is 4.18 Å². The minimum absolute atomic E-state index is 0.184. The van der Waals surface area contributed by atoms with E-state index in [1.165, 1.54) is 0 Å². The average Bonchev–Trinajstić information content (AvgIpc) is 1.70. The minimum atomic E-state index is -3.46. The molecule has 0 saturated heterocycles. The van der Waals surface area contributed by atoms with Crippen molar-refractivity contribution in [2.75, 3.05) is 6.26 Å². The lowest BCUT2D eigenvalue weighted by atomic mass is 10.0. The van der Waals surface area contributed by atoms with Crippen molar-refractivity contribution in [3.63, 3.8) is 0 Å². The van der Waals surface area contributed by atoms with Crippen molar-refractivity contribution in [2.24, 2.45) is 5.73 Å². The molecule has 6 heteroatoms. The Bertz CT molecular complexity index is 316. The van der Waals surface area contributed by atoms with Crippen LogP contribution in [0, 0.1) is 0 Å². The lowest BCUT2D eigenvalue weighted by molar-refractivity contribution is -0.0827. The van der Waals surface area contributed by atoms with Crippen molar-refractivity contribution in [2.45, 2.75) is 58.5 Å². The zero-order valence-corrected chi connectivity index (χ0v) is 11.7. The standard InChI is InChI=1S/C10H23NO4S/c1-8(14-10(4,5)11)7-9(2,3)15-16(6,12)13/h8H,7,11H2,1-6H3. The molecule has 0 heterocycles. The minimum Gasteiger partial charge on any atom is -0.358 e. The predicted octanol–water partition coefficient (Wildman–Crippen LogP) is 1.23. The zero-order chi connectivity index (χ0) is 13.2. The predicted molar refractivity (Wildman–Crippen MR) is 63.4 cm³/mol. The molecule has 0 spiro atoms. The molecule has 0 aromatic rings. The van der Waals surface area contributed by atoms with Gasteiger partial charge in [-0.1, -0.05) is 0 Å². The van der Waals surface area contributed by atoms with Gasteiger partial charge in [0, 0.05) is 6.42 Å². The number of rotatable bonds is 6. The van der Waals surface area contributed by atoms with E-state index in [1.54, 1.807) is 27.7 Å². The Hall–Kier alpha value is -0.170. The molecule has 98 valence electrons. The summed E-state index contributed by atoms with van der Waals surface area (Å²) in [6.45, 7) is 8.73. The Balaban J connectivity index is 4.37. The fraction of sp³-hybridized carbons (Fsp3) is 1.00. The van der Waals surface area contributed by atoms with Gasteiger partial charge in [0.1, 0.15) is 5.72 Å². The van der Waals surface area contributed by atoms with Gasteiger partial charge >= 0.3 is 0 Å². The van der Waals surface area contributed by atoms with Crippen LogP contribution in [0.3, 0.4) is 0 Å². The molecule has 2 N–H and O–H groups in total. The van der Waals surface area contributed by atoms with Crippen molar-refractivity contribution < 1.29 is 17.3 Å². The molecular formula is C10H23NO4S. The smallest absolute Gasteiger partial charge is 0.264 e. The first-order valence-corrected chi connectivity index (χ1v) is 7.00. The van der Waals surface area contributed by atoms with E-state index in [4.69, 9.17) is 14.7 Å². The van der Waals surface area contributed by atoms with Gasteiger partial charge in [-0.15, -0.1) is 0 Å². The number of nitrogens with two attached hydrogens (primary N) is 1. The third kappa shape index (κ3) is 9.08. The topological polar surface area (TPSA) is 78.6 Å². The summed E-state index contributed by atoms with van der Waals surface area (Å²) in [6.07, 6.45) is 1.30. The van der Waals surface area contributed by atoms with Crippen LogP contribution in [0.1, 0.15) is 41.0 Å². The molecule has 1 atom stereocenters. The fourth-order valence-corrected chi connectivity index (χ4v) is 2.58. The second-order valence-corrected chi connectivity index (χ2v) is 6.86. The average molecular weight is 253 g/mol. The van der Waals surface area contributed by atoms with Crippen LogP contribution < -0.4 is 5.73 Å². The summed E-state index contributed by atoms with van der Waals surface area (Å²) in [6, 6.07) is 0. The maximum Gasteiger partial charge on any atom is 0.264 e. The van der Waals surface area contributed by atoms with Crippen LogP contribution in [0.15, 0.2) is 0 Å². The van der Waals surface area contributed by atoms with E-state index in [2.05, 4.69) is 0 Å². The number of ether oxygens (including phenoxy) is 1. The van der Waals surface area contributed by atoms with Gasteiger partial charge in [0.05, 0.1) is 18.0 Å². The summed E-state index contributed by atoms with van der Waals surface area (Å²) < 4.78 is 32.5. The summed E-state index contributed by atoms with van der Waals surface area (Å²) in [5.74, 6) is 0. The summed E-state index contributed by atoms with van der Waals surface area (Å²) in [4.78, 5) is 0. The van der Waals surface area contributed by atoms with E-state index in [-0.39, 0.29) is 6.10 Å². The molecule has 16 heavy (non-hydrogen) atoms. The van der Waals surface area contributed by atoms with Gasteiger partial charge in [-0.25, -0.2) is 0 Å². The zero-order valence-electron chi connectivity index (χ0n) is 10.9. The summed E-state index contributed by atoms with van der Waals surface area (Å²) in [7, 11) is -3.46. The second kappa shape index (κ2) is 5.00. The van der Waals surface area contributed by atoms with E-state index in [1.807, 2.05) is 6.92 Å². The molecule has 5 nitrogen and oxygen atoms in total. The molecule has 0 aliphatic carbocycles. The highest BCUT2D eigenvalue weighted by Gasteiger charge is 2.28. The molecule has 0 radical (unpaired) electrons. The van der Waals surface area contributed by atoms with E-state index in [9.17, 15) is 8.42 Å². The molecule has 0 bridgehead atoms. The van der Waals surface area contributed by atoms with Gasteiger partial charge in [0.2, 0.25) is 0 Å². The Morgan fingerprint density at radius 2 is 1.69 bits per heavy atom. The lowest BCUT2D eigenvalue weighted by Gasteiger charge is -2.31. The highest BCUT2D eigenvalue weighted by Crippen LogP contribution is 2.22. The molecule has 0 aliphatic heterocycles. The maximum absolute atomic E-state index is 11.0. The highest BCUT2D eigenvalue weighted by atomic mass is 32.2. The van der Waals surface area contributed by atoms with Gasteiger partial charge in [0.15, 0.2) is 0 Å². The number of hydrogen-bond donors (Lipinski definition) is 1. The van der Waals surface area contributed by atoms with Gasteiger partial charge in [0.25, 0.3) is 10.1 Å². The first kappa shape index (κ1) is 15.8. The van der Waals surface area contributed by atoms with E-state index in [0.717, 1.165) is 6.26 Å². The normalized spacial score (nSPS) is 16.2. The molecule has 0 aliphatic rings. The molecule has 0 saturated carbocycles. The third-order valence-corrected chi connectivity index (χ3v) is 2.41. The van der Waals surface area contributed by atoms with Gasteiger partial charge in [-0.05, 0) is 34.6 Å². The number of hydrogen-bond acceptors (Lipinski definition) is 5. The molecule has 0 aromatic carbocycles. The molecule has 0 aromatic heterocycles. The highest BCUT2D eigenvalue weighted by molar-refractivity contribution is 7.86. The van der Waals surface area contributed by atoms with Crippen molar-refractivity contribution in [1.82, 2.24) is 0 Å². The van der Waals surface area contributed by atoms with E-state index < -0.39 is 21.4 Å². The summed E-state index contributed by atoms with van der Waals surface area (Å²) in [5.41, 5.74) is 4.17. The maximum atomic E-state index is 11.0. The van der Waals surface area contributed by atoms with Crippen molar-refractivity contribution >= 4 is 10.1 Å². The third-order valence-electron chi connectivity index (χ3n) is 1.66. The van der Waals surface area contributed by atoms with Gasteiger partial charge < -0.3 is 10.5 Å². The van der Waals surface area contributed by atoms with Gasteiger partial charge in [-0.2, -0.15) is 8.42 Å². The lowest BCUT2D eigenvalue weighted by Crippen LogP contribution is -2.41. The summed E-state index contributed by atoms with van der Waals surface area (Å²) in [5, 5.41) is 0. The van der Waals surface area contributed by atoms with Crippen LogP contribution in [-0.2, 0) is 19.0 Å². The van der Waals surface area contributed by atoms with Crippen molar-refractivity contribution in [3.8, 4) is 0 Å². The monoisotopic (exact) mass is 253 g/mol. The fourth-order valence-electron chi connectivity index (χ4n) is 1.70. The Morgan fingerprint density at radius 1 is 1.25 bits per heavy atom. The van der Waals surface area contributed by atoms with Crippen LogP contribution in [0.4, 0.5) is 0 Å². The van der Waals surface area contributed by atoms with Crippen LogP contribution in [0.25, 0.3) is 0 Å². The van der Waals surface area contributed by atoms with Crippen molar-refractivity contribution in [3.05, 3.63) is 0 Å². The van der Waals surface area contributed by atoms with Crippen LogP contribution in [0.2, 0.25) is 0 Å². The molecule has 0 rings (SSSR count). The SMILES string of the molecule is CC(CC(C)(C)OS(C)(=O)=O)OC(C)(C)N. The molecule has 1 unspecified atom stereocenters. The van der Waals surface area contributed by atoms with E-state index in [0.29, 0.717) is 6.42 Å². The Kier molecular flexibility index (Phi) is 4.94. The second-order valence-electron chi connectivity index (χ2n) is 5.28. The van der Waals surface area contributed by atoms with Crippen LogP contribution in [-0.4, -0.2) is 32.1 Å². The first-order chi connectivity index (χ1) is 6.81. The van der Waals surface area contributed by atoms with Crippen LogP contribution in [0.5, 0.6) is 0 Å². The molecule has 0 fully saturated rings. The quantitative estimate of drug-likeness (QED) is 0.569. The summed E-state index contributed by atoms with van der Waals surface area (Å²) >= 11 is 0.